The summed E-state index contributed by atoms with van der Waals surface area (Å²) in [4.78, 5) is 24.3. The van der Waals surface area contributed by atoms with Gasteiger partial charge in [0.25, 0.3) is 0 Å². The minimum absolute atomic E-state index is 0.00625. The minimum atomic E-state index is -0.637. The van der Waals surface area contributed by atoms with E-state index in [-0.39, 0.29) is 35.6 Å². The van der Waals surface area contributed by atoms with E-state index >= 15 is 0 Å². The van der Waals surface area contributed by atoms with Crippen molar-refractivity contribution in [3.63, 3.8) is 0 Å². The van der Waals surface area contributed by atoms with Crippen LogP contribution < -0.4 is 16.8 Å². The van der Waals surface area contributed by atoms with Crippen LogP contribution >= 0.6 is 11.6 Å². The topological polar surface area (TPSA) is 129 Å². The number of rotatable bonds is 5. The molecular weight excluding hydrogens is 356 g/mol. The zero-order valence-electron chi connectivity index (χ0n) is 13.5. The van der Waals surface area contributed by atoms with Crippen LogP contribution in [0.4, 0.5) is 23.3 Å². The first-order valence-electron chi connectivity index (χ1n) is 7.56. The Balaban J connectivity index is 1.71. The van der Waals surface area contributed by atoms with Crippen molar-refractivity contribution in [1.82, 2.24) is 15.0 Å². The van der Waals surface area contributed by atoms with E-state index in [0.29, 0.717) is 5.02 Å². The van der Waals surface area contributed by atoms with Gasteiger partial charge in [-0.05, 0) is 30.3 Å². The zero-order chi connectivity index (χ0) is 18.5. The number of benzene rings is 2. The Morgan fingerprint density at radius 2 is 1.85 bits per heavy atom. The molecule has 1 heterocycles. The Kier molecular flexibility index (Phi) is 5.14. The van der Waals surface area contributed by atoms with Crippen molar-refractivity contribution in [1.29, 1.82) is 0 Å². The quantitative estimate of drug-likeness (QED) is 0.461. The minimum Gasteiger partial charge on any atom is -0.454 e. The van der Waals surface area contributed by atoms with Crippen LogP contribution in [0.25, 0.3) is 0 Å². The van der Waals surface area contributed by atoms with E-state index in [9.17, 15) is 4.79 Å². The summed E-state index contributed by atoms with van der Waals surface area (Å²) in [5.41, 5.74) is 12.7. The van der Waals surface area contributed by atoms with Crippen LogP contribution in [0.3, 0.4) is 0 Å². The molecule has 0 saturated carbocycles. The second kappa shape index (κ2) is 7.66. The molecule has 132 valence electrons. The fraction of sp³-hybridized carbons (Fsp3) is 0.0588. The summed E-state index contributed by atoms with van der Waals surface area (Å²) in [5.74, 6) is -0.185. The second-order valence-electron chi connectivity index (χ2n) is 5.23. The standard InChI is InChI=1S/C17H15ClN6O2/c18-10-6-7-13(19)12(8-10)15(25)26-9-14-22-16(20)24-17(23-14)21-11-4-2-1-3-5-11/h1-8H,9,19H2,(H3,20,21,22,23,24). The van der Waals surface area contributed by atoms with Gasteiger partial charge in [-0.1, -0.05) is 29.8 Å². The monoisotopic (exact) mass is 370 g/mol. The van der Waals surface area contributed by atoms with Gasteiger partial charge in [0.2, 0.25) is 11.9 Å². The lowest BCUT2D eigenvalue weighted by Gasteiger charge is -2.09. The maximum Gasteiger partial charge on any atom is 0.340 e. The Bertz CT molecular complexity index is 936. The molecule has 0 aliphatic carbocycles. The summed E-state index contributed by atoms with van der Waals surface area (Å²) in [6, 6.07) is 13.9. The van der Waals surface area contributed by atoms with E-state index in [4.69, 9.17) is 27.8 Å². The van der Waals surface area contributed by atoms with Gasteiger partial charge in [0.15, 0.2) is 12.4 Å². The summed E-state index contributed by atoms with van der Waals surface area (Å²) in [6.07, 6.45) is 0. The lowest BCUT2D eigenvalue weighted by atomic mass is 10.2. The molecule has 0 bridgehead atoms. The number of nitrogens with two attached hydrogens (primary N) is 2. The van der Waals surface area contributed by atoms with E-state index in [1.54, 1.807) is 6.07 Å². The van der Waals surface area contributed by atoms with Crippen LogP contribution in [0.2, 0.25) is 5.02 Å². The van der Waals surface area contributed by atoms with E-state index in [0.717, 1.165) is 5.69 Å². The highest BCUT2D eigenvalue weighted by atomic mass is 35.5. The molecule has 0 fully saturated rings. The van der Waals surface area contributed by atoms with Gasteiger partial charge >= 0.3 is 5.97 Å². The highest BCUT2D eigenvalue weighted by Crippen LogP contribution is 2.19. The summed E-state index contributed by atoms with van der Waals surface area (Å²) >= 11 is 5.88. The van der Waals surface area contributed by atoms with Gasteiger partial charge in [-0.25, -0.2) is 4.79 Å². The van der Waals surface area contributed by atoms with Gasteiger partial charge < -0.3 is 21.5 Å². The van der Waals surface area contributed by atoms with Crippen molar-refractivity contribution in [2.75, 3.05) is 16.8 Å². The summed E-state index contributed by atoms with van der Waals surface area (Å²) in [5, 5.41) is 3.38. The van der Waals surface area contributed by atoms with E-state index in [1.165, 1.54) is 12.1 Å². The van der Waals surface area contributed by atoms with Gasteiger partial charge in [-0.2, -0.15) is 15.0 Å². The number of halogens is 1. The van der Waals surface area contributed by atoms with Gasteiger partial charge in [0, 0.05) is 16.4 Å². The average Bonchev–Trinajstić information content (AvgIpc) is 2.62. The lowest BCUT2D eigenvalue weighted by Crippen LogP contribution is -2.12. The van der Waals surface area contributed by atoms with Crippen molar-refractivity contribution >= 4 is 40.8 Å². The number of nitrogens with one attached hydrogen (secondary N) is 1. The third kappa shape index (κ3) is 4.37. The Hall–Kier alpha value is -3.39. The van der Waals surface area contributed by atoms with Gasteiger partial charge in [-0.15, -0.1) is 0 Å². The number of nitrogens with zero attached hydrogens (tertiary/aromatic N) is 3. The summed E-state index contributed by atoms with van der Waals surface area (Å²) in [6.45, 7) is -0.193. The van der Waals surface area contributed by atoms with Gasteiger partial charge in [0.1, 0.15) is 0 Å². The molecule has 0 spiro atoms. The maximum absolute atomic E-state index is 12.2. The van der Waals surface area contributed by atoms with E-state index < -0.39 is 5.97 Å². The van der Waals surface area contributed by atoms with Crippen LogP contribution in [0.15, 0.2) is 48.5 Å². The Labute approximate surface area is 154 Å². The molecule has 5 N–H and O–H groups in total. The van der Waals surface area contributed by atoms with Crippen molar-refractivity contribution in [3.05, 3.63) is 64.9 Å². The number of nitrogen functional groups attached to an aromatic ring is 2. The molecule has 3 aromatic rings. The fourth-order valence-corrected chi connectivity index (χ4v) is 2.29. The number of carbonyl (C=O) groups excluding carboxylic acids is 1. The number of anilines is 4. The van der Waals surface area contributed by atoms with Crippen molar-refractivity contribution in [3.8, 4) is 0 Å². The number of esters is 1. The predicted octanol–water partition coefficient (Wildman–Crippen LogP) is 2.79. The van der Waals surface area contributed by atoms with Crippen LogP contribution in [0.1, 0.15) is 16.2 Å². The molecular formula is C17H15ClN6O2. The van der Waals surface area contributed by atoms with Gasteiger partial charge in [0.05, 0.1) is 5.56 Å². The third-order valence-electron chi connectivity index (χ3n) is 3.30. The summed E-state index contributed by atoms with van der Waals surface area (Å²) < 4.78 is 5.20. The number of carbonyl (C=O) groups is 1. The van der Waals surface area contributed by atoms with Crippen LogP contribution in [-0.2, 0) is 11.3 Å². The van der Waals surface area contributed by atoms with Crippen molar-refractivity contribution in [2.45, 2.75) is 6.61 Å². The molecule has 3 rings (SSSR count). The molecule has 8 nitrogen and oxygen atoms in total. The smallest absolute Gasteiger partial charge is 0.340 e. The molecule has 0 saturated heterocycles. The number of para-hydroxylation sites is 1. The maximum atomic E-state index is 12.2. The first-order chi connectivity index (χ1) is 12.5. The van der Waals surface area contributed by atoms with Crippen LogP contribution in [0.5, 0.6) is 0 Å². The van der Waals surface area contributed by atoms with Crippen LogP contribution in [0, 0.1) is 0 Å². The molecule has 0 aliphatic heterocycles. The molecule has 1 aromatic heterocycles. The highest BCUT2D eigenvalue weighted by Gasteiger charge is 2.14. The highest BCUT2D eigenvalue weighted by molar-refractivity contribution is 6.31. The zero-order valence-corrected chi connectivity index (χ0v) is 14.3. The lowest BCUT2D eigenvalue weighted by molar-refractivity contribution is 0.0463. The van der Waals surface area contributed by atoms with E-state index in [1.807, 2.05) is 30.3 Å². The number of hydrogen-bond donors (Lipinski definition) is 3. The number of hydrogen-bond acceptors (Lipinski definition) is 8. The number of aromatic nitrogens is 3. The second-order valence-corrected chi connectivity index (χ2v) is 5.67. The molecule has 0 aliphatic rings. The molecule has 26 heavy (non-hydrogen) atoms. The van der Waals surface area contributed by atoms with Crippen molar-refractivity contribution < 1.29 is 9.53 Å². The Morgan fingerprint density at radius 3 is 2.62 bits per heavy atom. The molecule has 0 radical (unpaired) electrons. The average molecular weight is 371 g/mol. The SMILES string of the molecule is Nc1nc(COC(=O)c2cc(Cl)ccc2N)nc(Nc2ccccc2)n1. The molecule has 0 unspecified atom stereocenters. The normalized spacial score (nSPS) is 10.3. The summed E-state index contributed by atoms with van der Waals surface area (Å²) in [7, 11) is 0. The Morgan fingerprint density at radius 1 is 1.08 bits per heavy atom. The first kappa shape index (κ1) is 17.4. The third-order valence-corrected chi connectivity index (χ3v) is 3.53. The molecule has 2 aromatic carbocycles. The first-order valence-corrected chi connectivity index (χ1v) is 7.94. The largest absolute Gasteiger partial charge is 0.454 e. The molecule has 9 heteroatoms. The van der Waals surface area contributed by atoms with Crippen molar-refractivity contribution in [2.24, 2.45) is 0 Å². The predicted molar refractivity (Wildman–Crippen MR) is 98.9 cm³/mol. The number of ether oxygens (including phenoxy) is 1. The van der Waals surface area contributed by atoms with Crippen LogP contribution in [-0.4, -0.2) is 20.9 Å². The molecule has 0 atom stereocenters. The molecule has 0 amide bonds. The van der Waals surface area contributed by atoms with E-state index in [2.05, 4.69) is 20.3 Å². The fourth-order valence-electron chi connectivity index (χ4n) is 2.12. The van der Waals surface area contributed by atoms with Gasteiger partial charge in [-0.3, -0.25) is 0 Å².